The predicted octanol–water partition coefficient (Wildman–Crippen LogP) is 3.54. The normalized spacial score (nSPS) is 23.5. The van der Waals surface area contributed by atoms with Crippen LogP contribution in [0.4, 0.5) is 18.0 Å². The lowest BCUT2D eigenvalue weighted by atomic mass is 10.0. The molecule has 1 aliphatic rings. The summed E-state index contributed by atoms with van der Waals surface area (Å²) in [6, 6.07) is 4.26. The first-order valence-corrected chi connectivity index (χ1v) is 7.27. The van der Waals surface area contributed by atoms with Crippen molar-refractivity contribution >= 4 is 12.1 Å². The summed E-state index contributed by atoms with van der Waals surface area (Å²) in [5, 5.41) is 11.8. The number of hydrogen-bond donors (Lipinski definition) is 2. The molecule has 0 aliphatic heterocycles. The predicted molar refractivity (Wildman–Crippen MR) is 78.5 cm³/mol. The second-order valence-corrected chi connectivity index (χ2v) is 6.78. The highest BCUT2D eigenvalue weighted by atomic mass is 19.4. The van der Waals surface area contributed by atoms with Gasteiger partial charge in [0.1, 0.15) is 11.1 Å². The van der Waals surface area contributed by atoms with Crippen LogP contribution in [0, 0.1) is 0 Å². The summed E-state index contributed by atoms with van der Waals surface area (Å²) in [6.45, 7) is 4.92. The third-order valence-corrected chi connectivity index (χ3v) is 3.71. The Labute approximate surface area is 136 Å². The number of carboxylic acid groups (broad SMARTS) is 1. The highest BCUT2D eigenvalue weighted by molar-refractivity contribution is 5.90. The van der Waals surface area contributed by atoms with Crippen molar-refractivity contribution < 1.29 is 32.6 Å². The molecule has 2 N–H and O–H groups in total. The Balaban J connectivity index is 2.15. The molecule has 0 spiro atoms. The maximum atomic E-state index is 12.6. The van der Waals surface area contributed by atoms with E-state index in [1.54, 1.807) is 20.8 Å². The van der Waals surface area contributed by atoms with Crippen LogP contribution in [0.15, 0.2) is 24.3 Å². The van der Waals surface area contributed by atoms with E-state index in [0.717, 1.165) is 12.1 Å². The molecule has 0 unspecified atom stereocenters. The second-order valence-electron chi connectivity index (χ2n) is 6.78. The van der Waals surface area contributed by atoms with Crippen molar-refractivity contribution in [3.8, 4) is 0 Å². The summed E-state index contributed by atoms with van der Waals surface area (Å²) < 4.78 is 42.8. The van der Waals surface area contributed by atoms with Gasteiger partial charge in [-0.1, -0.05) is 12.1 Å². The van der Waals surface area contributed by atoms with E-state index in [0.29, 0.717) is 5.56 Å². The van der Waals surface area contributed by atoms with Gasteiger partial charge in [-0.15, -0.1) is 0 Å². The van der Waals surface area contributed by atoms with Gasteiger partial charge in [-0.25, -0.2) is 9.59 Å². The van der Waals surface area contributed by atoms with Gasteiger partial charge in [0.15, 0.2) is 0 Å². The lowest BCUT2D eigenvalue weighted by molar-refractivity contribution is -0.141. The third-order valence-electron chi connectivity index (χ3n) is 3.71. The maximum Gasteiger partial charge on any atom is 0.416 e. The lowest BCUT2D eigenvalue weighted by Gasteiger charge is -2.22. The number of amides is 1. The van der Waals surface area contributed by atoms with Gasteiger partial charge >= 0.3 is 18.2 Å². The standard InChI is InChI=1S/C16H18F3NO4/c1-14(2,3)24-13(23)20-15(12(21)22)8-11(15)9-4-6-10(7-5-9)16(17,18)19/h4-7,11H,8H2,1-3H3,(H,20,23)(H,21,22)/t11-,15-/m1/s1. The Hall–Kier alpha value is -2.25. The number of rotatable bonds is 3. The molecular formula is C16H18F3NO4. The highest BCUT2D eigenvalue weighted by Gasteiger charge is 2.62. The maximum absolute atomic E-state index is 12.6. The zero-order valence-corrected chi connectivity index (χ0v) is 13.4. The summed E-state index contributed by atoms with van der Waals surface area (Å²) in [4.78, 5) is 23.4. The van der Waals surface area contributed by atoms with E-state index in [-0.39, 0.29) is 6.42 Å². The summed E-state index contributed by atoms with van der Waals surface area (Å²) in [5.74, 6) is -1.86. The number of hydrogen-bond acceptors (Lipinski definition) is 3. The van der Waals surface area contributed by atoms with Crippen LogP contribution < -0.4 is 5.32 Å². The zero-order valence-electron chi connectivity index (χ0n) is 13.4. The molecule has 1 aromatic rings. The Morgan fingerprint density at radius 3 is 2.17 bits per heavy atom. The van der Waals surface area contributed by atoms with Gasteiger partial charge in [-0.3, -0.25) is 0 Å². The molecule has 1 aliphatic carbocycles. The Kier molecular flexibility index (Phi) is 4.28. The number of alkyl carbamates (subject to hydrolysis) is 1. The minimum absolute atomic E-state index is 0.0902. The van der Waals surface area contributed by atoms with Crippen molar-refractivity contribution in [1.29, 1.82) is 0 Å². The molecule has 24 heavy (non-hydrogen) atoms. The van der Waals surface area contributed by atoms with Crippen LogP contribution in [0.5, 0.6) is 0 Å². The fourth-order valence-corrected chi connectivity index (χ4v) is 2.48. The van der Waals surface area contributed by atoms with Crippen LogP contribution in [0.3, 0.4) is 0 Å². The van der Waals surface area contributed by atoms with Crippen LogP contribution in [0.1, 0.15) is 44.2 Å². The number of carbonyl (C=O) groups is 2. The molecule has 8 heteroatoms. The molecule has 1 amide bonds. The van der Waals surface area contributed by atoms with E-state index >= 15 is 0 Å². The largest absolute Gasteiger partial charge is 0.479 e. The van der Waals surface area contributed by atoms with E-state index in [2.05, 4.69) is 5.32 Å². The summed E-state index contributed by atoms with van der Waals surface area (Å²) in [5.41, 5.74) is -2.74. The van der Waals surface area contributed by atoms with Crippen LogP contribution in [0.2, 0.25) is 0 Å². The fraction of sp³-hybridized carbons (Fsp3) is 0.500. The van der Waals surface area contributed by atoms with Gasteiger partial charge in [0.2, 0.25) is 0 Å². The van der Waals surface area contributed by atoms with Crippen LogP contribution in [0.25, 0.3) is 0 Å². The number of nitrogens with one attached hydrogen (secondary N) is 1. The highest BCUT2D eigenvalue weighted by Crippen LogP contribution is 2.52. The average Bonchev–Trinajstić information content (AvgIpc) is 3.11. The lowest BCUT2D eigenvalue weighted by Crippen LogP contribution is -2.46. The SMILES string of the molecule is CC(C)(C)OC(=O)N[C@]1(C(=O)O)C[C@@H]1c1ccc(C(F)(F)F)cc1. The first-order chi connectivity index (χ1) is 10.8. The second kappa shape index (κ2) is 5.68. The number of aliphatic carboxylic acids is 1. The molecule has 0 saturated heterocycles. The molecular weight excluding hydrogens is 327 g/mol. The van der Waals surface area contributed by atoms with Gasteiger partial charge in [-0.2, -0.15) is 13.2 Å². The van der Waals surface area contributed by atoms with Crippen molar-refractivity contribution in [3.63, 3.8) is 0 Å². The topological polar surface area (TPSA) is 75.6 Å². The van der Waals surface area contributed by atoms with E-state index in [4.69, 9.17) is 4.74 Å². The van der Waals surface area contributed by atoms with Crippen LogP contribution in [-0.4, -0.2) is 28.3 Å². The number of ether oxygens (including phenoxy) is 1. The molecule has 1 fully saturated rings. The minimum Gasteiger partial charge on any atom is -0.479 e. The van der Waals surface area contributed by atoms with Crippen LogP contribution >= 0.6 is 0 Å². The van der Waals surface area contributed by atoms with E-state index in [1.165, 1.54) is 12.1 Å². The Bertz CT molecular complexity index is 649. The number of alkyl halides is 3. The van der Waals surface area contributed by atoms with E-state index in [9.17, 15) is 27.9 Å². The van der Waals surface area contributed by atoms with Crippen molar-refractivity contribution in [2.45, 2.75) is 50.4 Å². The molecule has 1 saturated carbocycles. The van der Waals surface area contributed by atoms with Gasteiger partial charge in [0.05, 0.1) is 5.56 Å². The van der Waals surface area contributed by atoms with Crippen molar-refractivity contribution in [2.75, 3.05) is 0 Å². The molecule has 0 heterocycles. The summed E-state index contributed by atoms with van der Waals surface area (Å²) in [6.07, 6.45) is -5.24. The third kappa shape index (κ3) is 3.80. The first kappa shape index (κ1) is 18.1. The number of carboxylic acids is 1. The summed E-state index contributed by atoms with van der Waals surface area (Å²) >= 11 is 0. The molecule has 132 valence electrons. The number of halogens is 3. The quantitative estimate of drug-likeness (QED) is 0.879. The van der Waals surface area contributed by atoms with Gasteiger partial charge in [0.25, 0.3) is 0 Å². The molecule has 1 aromatic carbocycles. The van der Waals surface area contributed by atoms with Gasteiger partial charge in [0, 0.05) is 5.92 Å². The minimum atomic E-state index is -4.46. The first-order valence-electron chi connectivity index (χ1n) is 7.27. The molecule has 0 radical (unpaired) electrons. The summed E-state index contributed by atoms with van der Waals surface area (Å²) in [7, 11) is 0. The van der Waals surface area contributed by atoms with Gasteiger partial charge < -0.3 is 15.2 Å². The van der Waals surface area contributed by atoms with Gasteiger partial charge in [-0.05, 0) is 44.9 Å². The molecule has 2 rings (SSSR count). The Morgan fingerprint density at radius 1 is 1.21 bits per heavy atom. The zero-order chi connectivity index (χ0) is 18.3. The molecule has 0 bridgehead atoms. The monoisotopic (exact) mass is 345 g/mol. The number of carbonyl (C=O) groups excluding carboxylic acids is 1. The smallest absolute Gasteiger partial charge is 0.416 e. The number of benzene rings is 1. The molecule has 5 nitrogen and oxygen atoms in total. The fourth-order valence-electron chi connectivity index (χ4n) is 2.48. The van der Waals surface area contributed by atoms with Crippen LogP contribution in [-0.2, 0) is 15.7 Å². The Morgan fingerprint density at radius 2 is 1.75 bits per heavy atom. The van der Waals surface area contributed by atoms with Crippen molar-refractivity contribution in [1.82, 2.24) is 5.32 Å². The van der Waals surface area contributed by atoms with Crippen molar-refractivity contribution in [2.24, 2.45) is 0 Å². The molecule has 0 aromatic heterocycles. The van der Waals surface area contributed by atoms with Crippen molar-refractivity contribution in [3.05, 3.63) is 35.4 Å². The van der Waals surface area contributed by atoms with E-state index < -0.39 is 40.9 Å². The average molecular weight is 345 g/mol. The molecule has 2 atom stereocenters. The van der Waals surface area contributed by atoms with E-state index in [1.807, 2.05) is 0 Å².